The van der Waals surface area contributed by atoms with Gasteiger partial charge in [-0.05, 0) is 14.0 Å². The SMILES string of the molecule is CC1CSC(=NCC2CN(C)CCO2)N1. The number of nitrogens with zero attached hydrogens (tertiary/aromatic N) is 2. The normalized spacial score (nSPS) is 35.7. The summed E-state index contributed by atoms with van der Waals surface area (Å²) < 4.78 is 5.65. The summed E-state index contributed by atoms with van der Waals surface area (Å²) in [5.41, 5.74) is 0. The van der Waals surface area contributed by atoms with Crippen molar-refractivity contribution in [3.8, 4) is 0 Å². The fourth-order valence-electron chi connectivity index (χ4n) is 1.75. The fourth-order valence-corrected chi connectivity index (χ4v) is 2.69. The van der Waals surface area contributed by atoms with Gasteiger partial charge in [0.1, 0.15) is 0 Å². The minimum absolute atomic E-state index is 0.273. The predicted octanol–water partition coefficient (Wildman–Crippen LogP) is 0.398. The second-order valence-electron chi connectivity index (χ2n) is 4.26. The van der Waals surface area contributed by atoms with E-state index in [4.69, 9.17) is 4.74 Å². The van der Waals surface area contributed by atoms with E-state index in [0.717, 1.165) is 37.2 Å². The van der Waals surface area contributed by atoms with Crippen LogP contribution in [-0.2, 0) is 4.74 Å². The number of aliphatic imine (C=N–C) groups is 1. The van der Waals surface area contributed by atoms with Crippen molar-refractivity contribution >= 4 is 16.9 Å². The second-order valence-corrected chi connectivity index (χ2v) is 5.27. The van der Waals surface area contributed by atoms with Gasteiger partial charge in [-0.1, -0.05) is 11.8 Å². The highest BCUT2D eigenvalue weighted by Gasteiger charge is 2.19. The number of amidine groups is 1. The molecule has 0 bridgehead atoms. The van der Waals surface area contributed by atoms with Crippen LogP contribution in [0.15, 0.2) is 4.99 Å². The van der Waals surface area contributed by atoms with E-state index in [1.54, 1.807) is 0 Å². The Morgan fingerprint density at radius 3 is 3.20 bits per heavy atom. The molecule has 0 radical (unpaired) electrons. The number of rotatable bonds is 2. The van der Waals surface area contributed by atoms with E-state index in [-0.39, 0.29) is 6.10 Å². The third-order valence-electron chi connectivity index (χ3n) is 2.62. The molecule has 2 aliphatic rings. The van der Waals surface area contributed by atoms with Gasteiger partial charge in [-0.25, -0.2) is 0 Å². The first kappa shape index (κ1) is 11.2. The van der Waals surface area contributed by atoms with Crippen LogP contribution >= 0.6 is 11.8 Å². The van der Waals surface area contributed by atoms with Gasteiger partial charge in [0.05, 0.1) is 19.3 Å². The molecule has 0 amide bonds. The topological polar surface area (TPSA) is 36.9 Å². The Morgan fingerprint density at radius 1 is 1.67 bits per heavy atom. The van der Waals surface area contributed by atoms with E-state index in [1.165, 1.54) is 0 Å². The van der Waals surface area contributed by atoms with Crippen LogP contribution in [0.5, 0.6) is 0 Å². The number of nitrogens with one attached hydrogen (secondary N) is 1. The van der Waals surface area contributed by atoms with Crippen LogP contribution in [0.4, 0.5) is 0 Å². The minimum Gasteiger partial charge on any atom is -0.374 e. The summed E-state index contributed by atoms with van der Waals surface area (Å²) in [7, 11) is 2.13. The molecule has 0 aliphatic carbocycles. The van der Waals surface area contributed by atoms with Gasteiger partial charge in [0, 0.05) is 24.9 Å². The van der Waals surface area contributed by atoms with Gasteiger partial charge in [-0.2, -0.15) is 0 Å². The van der Waals surface area contributed by atoms with E-state index < -0.39 is 0 Å². The maximum atomic E-state index is 5.65. The largest absolute Gasteiger partial charge is 0.374 e. The molecule has 2 fully saturated rings. The standard InChI is InChI=1S/C10H19N3OS/c1-8-7-15-10(12-8)11-5-9-6-13(2)3-4-14-9/h8-9H,3-7H2,1-2H3,(H,11,12). The summed E-state index contributed by atoms with van der Waals surface area (Å²) >= 11 is 1.81. The molecule has 15 heavy (non-hydrogen) atoms. The summed E-state index contributed by atoms with van der Waals surface area (Å²) in [5, 5.41) is 4.43. The van der Waals surface area contributed by atoms with Crippen LogP contribution < -0.4 is 5.32 Å². The zero-order chi connectivity index (χ0) is 10.7. The Labute approximate surface area is 95.5 Å². The van der Waals surface area contributed by atoms with Gasteiger partial charge in [0.2, 0.25) is 0 Å². The quantitative estimate of drug-likeness (QED) is 0.743. The highest BCUT2D eigenvalue weighted by atomic mass is 32.2. The van der Waals surface area contributed by atoms with Crippen molar-refractivity contribution in [3.63, 3.8) is 0 Å². The monoisotopic (exact) mass is 229 g/mol. The number of hydrogen-bond donors (Lipinski definition) is 1. The molecule has 0 aromatic rings. The van der Waals surface area contributed by atoms with Crippen molar-refractivity contribution in [2.24, 2.45) is 4.99 Å². The fraction of sp³-hybridized carbons (Fsp3) is 0.900. The molecule has 2 rings (SSSR count). The molecular weight excluding hydrogens is 210 g/mol. The van der Waals surface area contributed by atoms with Crippen molar-refractivity contribution < 1.29 is 4.74 Å². The lowest BCUT2D eigenvalue weighted by Crippen LogP contribution is -2.41. The van der Waals surface area contributed by atoms with E-state index in [9.17, 15) is 0 Å². The minimum atomic E-state index is 0.273. The third-order valence-corrected chi connectivity index (χ3v) is 3.81. The smallest absolute Gasteiger partial charge is 0.156 e. The molecular formula is C10H19N3OS. The molecule has 2 heterocycles. The van der Waals surface area contributed by atoms with Crippen molar-refractivity contribution in [2.45, 2.75) is 19.1 Å². The van der Waals surface area contributed by atoms with Gasteiger partial charge in [-0.3, -0.25) is 4.99 Å². The van der Waals surface area contributed by atoms with Crippen LogP contribution in [0.3, 0.4) is 0 Å². The van der Waals surface area contributed by atoms with Crippen molar-refractivity contribution in [3.05, 3.63) is 0 Å². The molecule has 86 valence electrons. The van der Waals surface area contributed by atoms with E-state index >= 15 is 0 Å². The molecule has 0 saturated carbocycles. The molecule has 0 aromatic carbocycles. The van der Waals surface area contributed by atoms with E-state index in [2.05, 4.69) is 29.2 Å². The van der Waals surface area contributed by atoms with Crippen LogP contribution in [0, 0.1) is 0 Å². The van der Waals surface area contributed by atoms with Crippen LogP contribution in [0.1, 0.15) is 6.92 Å². The predicted molar refractivity (Wildman–Crippen MR) is 64.6 cm³/mol. The molecule has 5 heteroatoms. The van der Waals surface area contributed by atoms with Crippen LogP contribution in [0.25, 0.3) is 0 Å². The zero-order valence-corrected chi connectivity index (χ0v) is 10.2. The number of ether oxygens (including phenoxy) is 1. The first-order chi connectivity index (χ1) is 7.24. The molecule has 2 saturated heterocycles. The molecule has 2 atom stereocenters. The van der Waals surface area contributed by atoms with Crippen LogP contribution in [-0.4, -0.2) is 61.3 Å². The Bertz CT molecular complexity index is 247. The molecule has 0 spiro atoms. The third kappa shape index (κ3) is 3.36. The molecule has 1 N–H and O–H groups in total. The maximum absolute atomic E-state index is 5.65. The average Bonchev–Trinajstić information content (AvgIpc) is 2.62. The zero-order valence-electron chi connectivity index (χ0n) is 9.40. The summed E-state index contributed by atoms with van der Waals surface area (Å²) in [6.45, 7) is 5.84. The molecule has 2 aliphatic heterocycles. The van der Waals surface area contributed by atoms with Gasteiger partial charge >= 0.3 is 0 Å². The average molecular weight is 229 g/mol. The molecule has 4 nitrogen and oxygen atoms in total. The number of thioether (sulfide) groups is 1. The first-order valence-corrected chi connectivity index (χ1v) is 6.46. The Balaban J connectivity index is 1.77. The molecule has 2 unspecified atom stereocenters. The summed E-state index contributed by atoms with van der Waals surface area (Å²) in [6.07, 6.45) is 0.273. The van der Waals surface area contributed by atoms with E-state index in [1.807, 2.05) is 11.8 Å². The highest BCUT2D eigenvalue weighted by Crippen LogP contribution is 2.13. The number of likely N-dealkylation sites (N-methyl/N-ethyl adjacent to an activating group) is 1. The lowest BCUT2D eigenvalue weighted by molar-refractivity contribution is -0.0135. The lowest BCUT2D eigenvalue weighted by Gasteiger charge is -2.29. The summed E-state index contributed by atoms with van der Waals surface area (Å²) in [5.74, 6) is 1.13. The van der Waals surface area contributed by atoms with Gasteiger partial charge in [0.15, 0.2) is 5.17 Å². The Kier molecular flexibility index (Phi) is 3.88. The Hall–Kier alpha value is -0.260. The van der Waals surface area contributed by atoms with Crippen molar-refractivity contribution in [1.29, 1.82) is 0 Å². The highest BCUT2D eigenvalue weighted by molar-refractivity contribution is 8.14. The molecule has 0 aromatic heterocycles. The first-order valence-electron chi connectivity index (χ1n) is 5.48. The van der Waals surface area contributed by atoms with Gasteiger partial charge in [-0.15, -0.1) is 0 Å². The van der Waals surface area contributed by atoms with Crippen LogP contribution in [0.2, 0.25) is 0 Å². The summed E-state index contributed by atoms with van der Waals surface area (Å²) in [6, 6.07) is 0.559. The van der Waals surface area contributed by atoms with Crippen molar-refractivity contribution in [2.75, 3.05) is 39.0 Å². The lowest BCUT2D eigenvalue weighted by atomic mass is 10.3. The van der Waals surface area contributed by atoms with E-state index in [0.29, 0.717) is 6.04 Å². The van der Waals surface area contributed by atoms with Crippen molar-refractivity contribution in [1.82, 2.24) is 10.2 Å². The second kappa shape index (κ2) is 5.18. The van der Waals surface area contributed by atoms with Gasteiger partial charge < -0.3 is 15.0 Å². The summed E-state index contributed by atoms with van der Waals surface area (Å²) in [4.78, 5) is 6.85. The number of morpholine rings is 1. The van der Waals surface area contributed by atoms with Gasteiger partial charge in [0.25, 0.3) is 0 Å². The number of hydrogen-bond acceptors (Lipinski definition) is 4. The maximum Gasteiger partial charge on any atom is 0.156 e. The Morgan fingerprint density at radius 2 is 2.53 bits per heavy atom.